The third kappa shape index (κ3) is 3.30. The van der Waals surface area contributed by atoms with Crippen LogP contribution in [-0.2, 0) is 17.6 Å². The third-order valence-corrected chi connectivity index (χ3v) is 9.11. The van der Waals surface area contributed by atoms with Gasteiger partial charge in [0.05, 0.1) is 18.1 Å². The summed E-state index contributed by atoms with van der Waals surface area (Å²) in [5.74, 6) is 1.45. The maximum atomic E-state index is 12.3. The van der Waals surface area contributed by atoms with Crippen LogP contribution in [0.4, 0.5) is 0 Å². The Morgan fingerprint density at radius 1 is 1.05 bits per heavy atom. The summed E-state index contributed by atoms with van der Waals surface area (Å²) < 4.78 is 11.6. The summed E-state index contributed by atoms with van der Waals surface area (Å²) in [5.41, 5.74) is 5.95. The van der Waals surface area contributed by atoms with Crippen LogP contribution in [0.1, 0.15) is 64.4 Å². The summed E-state index contributed by atoms with van der Waals surface area (Å²) in [4.78, 5) is 16.6. The van der Waals surface area contributed by atoms with Crippen molar-refractivity contribution < 1.29 is 29.6 Å². The highest BCUT2D eigenvalue weighted by Gasteiger charge is 2.56. The highest BCUT2D eigenvalue weighted by atomic mass is 16.7. The number of piperazine rings is 1. The Kier molecular flexibility index (Phi) is 5.60. The Balaban J connectivity index is 1.56. The van der Waals surface area contributed by atoms with Crippen LogP contribution in [0.3, 0.4) is 0 Å². The van der Waals surface area contributed by atoms with Crippen molar-refractivity contribution in [2.45, 2.75) is 77.4 Å². The van der Waals surface area contributed by atoms with E-state index in [0.717, 1.165) is 33.4 Å². The molecule has 4 N–H and O–H groups in total. The second-order valence-corrected chi connectivity index (χ2v) is 10.9. The van der Waals surface area contributed by atoms with E-state index < -0.39 is 12.3 Å². The molecule has 4 aliphatic rings. The number of hydrogen-bond acceptors (Lipinski definition) is 8. The number of aliphatic hydroxyl groups is 1. The van der Waals surface area contributed by atoms with Gasteiger partial charge >= 0.3 is 0 Å². The zero-order valence-corrected chi connectivity index (χ0v) is 22.0. The van der Waals surface area contributed by atoms with Crippen molar-refractivity contribution in [3.63, 3.8) is 0 Å². The van der Waals surface area contributed by atoms with Crippen LogP contribution in [-0.4, -0.2) is 69.7 Å². The zero-order valence-electron chi connectivity index (χ0n) is 22.0. The van der Waals surface area contributed by atoms with Gasteiger partial charge in [0.2, 0.25) is 12.7 Å². The van der Waals surface area contributed by atoms with E-state index in [-0.39, 0.29) is 43.1 Å². The van der Waals surface area contributed by atoms with Crippen molar-refractivity contribution in [2.24, 2.45) is 0 Å². The van der Waals surface area contributed by atoms with E-state index in [0.29, 0.717) is 42.1 Å². The Labute approximate surface area is 216 Å². The molecule has 1 fully saturated rings. The molecule has 1 unspecified atom stereocenters. The number of nitrogens with one attached hydrogen (secondary N) is 1. The molecule has 0 aliphatic carbocycles. The molecule has 0 saturated carbocycles. The number of fused-ring (bicyclic) bond motifs is 9. The lowest BCUT2D eigenvalue weighted by Crippen LogP contribution is -2.69. The predicted octanol–water partition coefficient (Wildman–Crippen LogP) is 2.48. The smallest absolute Gasteiger partial charge is 0.231 e. The molecule has 5 atom stereocenters. The van der Waals surface area contributed by atoms with Gasteiger partial charge in [-0.1, -0.05) is 13.0 Å². The van der Waals surface area contributed by atoms with Crippen molar-refractivity contribution in [3.05, 3.63) is 45.0 Å². The Hall–Kier alpha value is -3.01. The number of amides is 1. The molecule has 37 heavy (non-hydrogen) atoms. The van der Waals surface area contributed by atoms with E-state index in [1.54, 1.807) is 6.92 Å². The van der Waals surface area contributed by atoms with Crippen LogP contribution in [0.2, 0.25) is 0 Å². The number of hydrogen-bond donors (Lipinski definition) is 4. The molecule has 198 valence electrons. The lowest BCUT2D eigenvalue weighted by Gasteiger charge is -2.60. The van der Waals surface area contributed by atoms with Gasteiger partial charge in [-0.3, -0.25) is 14.6 Å². The lowest BCUT2D eigenvalue weighted by molar-refractivity contribution is -0.172. The minimum Gasteiger partial charge on any atom is -0.507 e. The van der Waals surface area contributed by atoms with Gasteiger partial charge in [-0.15, -0.1) is 0 Å². The van der Waals surface area contributed by atoms with Crippen LogP contribution in [0.25, 0.3) is 0 Å². The normalized spacial score (nSPS) is 27.9. The number of aromatic hydroxyl groups is 2. The average Bonchev–Trinajstić information content (AvgIpc) is 3.37. The van der Waals surface area contributed by atoms with Crippen LogP contribution < -0.4 is 14.8 Å². The van der Waals surface area contributed by atoms with Gasteiger partial charge in [0.1, 0.15) is 17.7 Å². The number of rotatable bonds is 3. The number of carbonyl (C=O) groups excluding carboxylic acids is 1. The minimum absolute atomic E-state index is 0.0555. The van der Waals surface area contributed by atoms with Crippen molar-refractivity contribution in [3.8, 4) is 23.0 Å². The first-order chi connectivity index (χ1) is 17.6. The average molecular weight is 510 g/mol. The van der Waals surface area contributed by atoms with Crippen LogP contribution in [0, 0.1) is 20.8 Å². The van der Waals surface area contributed by atoms with Crippen LogP contribution in [0.15, 0.2) is 6.07 Å². The van der Waals surface area contributed by atoms with Gasteiger partial charge < -0.3 is 30.1 Å². The van der Waals surface area contributed by atoms with E-state index in [9.17, 15) is 20.1 Å². The highest BCUT2D eigenvalue weighted by Crippen LogP contribution is 2.57. The summed E-state index contributed by atoms with van der Waals surface area (Å²) in [5, 5.41) is 37.6. The molecule has 0 radical (unpaired) electrons. The number of nitrogens with zero attached hydrogens (tertiary/aromatic N) is 2. The van der Waals surface area contributed by atoms with E-state index in [4.69, 9.17) is 9.47 Å². The van der Waals surface area contributed by atoms with E-state index in [1.807, 2.05) is 27.8 Å². The highest BCUT2D eigenvalue weighted by molar-refractivity contribution is 5.75. The van der Waals surface area contributed by atoms with E-state index in [2.05, 4.69) is 21.2 Å². The Morgan fingerprint density at radius 2 is 1.78 bits per heavy atom. The summed E-state index contributed by atoms with van der Waals surface area (Å²) in [7, 11) is 2.00. The molecule has 9 heteroatoms. The number of benzene rings is 2. The molecule has 1 amide bonds. The molecule has 0 aromatic heterocycles. The zero-order chi connectivity index (χ0) is 26.3. The fraction of sp³-hybridized carbons (Fsp3) is 0.536. The van der Waals surface area contributed by atoms with Gasteiger partial charge in [-0.25, -0.2) is 0 Å². The van der Waals surface area contributed by atoms with E-state index >= 15 is 0 Å². The van der Waals surface area contributed by atoms with Crippen molar-refractivity contribution in [2.75, 3.05) is 20.4 Å². The summed E-state index contributed by atoms with van der Waals surface area (Å²) in [6.45, 7) is 7.85. The van der Waals surface area contributed by atoms with Crippen LogP contribution >= 0.6 is 0 Å². The van der Waals surface area contributed by atoms with Crippen LogP contribution in [0.5, 0.6) is 23.0 Å². The molecule has 4 heterocycles. The summed E-state index contributed by atoms with van der Waals surface area (Å²) in [6.07, 6.45) is 0.554. The first-order valence-corrected chi connectivity index (χ1v) is 13.1. The molecule has 2 aromatic carbocycles. The molecule has 1 saturated heterocycles. The molecule has 0 spiro atoms. The first-order valence-electron chi connectivity index (χ1n) is 13.1. The van der Waals surface area contributed by atoms with Gasteiger partial charge in [-0.05, 0) is 57.4 Å². The predicted molar refractivity (Wildman–Crippen MR) is 136 cm³/mol. The van der Waals surface area contributed by atoms with Crippen molar-refractivity contribution in [1.29, 1.82) is 0 Å². The van der Waals surface area contributed by atoms with Gasteiger partial charge in [-0.2, -0.15) is 0 Å². The fourth-order valence-corrected chi connectivity index (χ4v) is 7.05. The van der Waals surface area contributed by atoms with Gasteiger partial charge in [0.25, 0.3) is 0 Å². The number of ether oxygens (including phenoxy) is 2. The standard InChI is InChI=1S/C28H35N3O6/c1-6-20(32)29-10-19-22-16(24(33)14(4)26-27(22)37-11-36-26)9-17-23-21-15(7-12(2)13(3)25(21)34)8-18(30(23)5)28(35)31(17)19/h7,17-19,23,28,33-35H,6,8-11H2,1-5H3,(H,29,32)/t17?,18-,19-,23+,28-/m0/s1. The van der Waals surface area contributed by atoms with Crippen molar-refractivity contribution >= 4 is 5.91 Å². The number of carbonyl (C=O) groups is 1. The molecule has 2 aromatic rings. The lowest BCUT2D eigenvalue weighted by atomic mass is 9.73. The monoisotopic (exact) mass is 509 g/mol. The topological polar surface area (TPSA) is 115 Å². The van der Waals surface area contributed by atoms with Gasteiger partial charge in [0, 0.05) is 41.3 Å². The molecular formula is C28H35N3O6. The second-order valence-electron chi connectivity index (χ2n) is 10.9. The summed E-state index contributed by atoms with van der Waals surface area (Å²) >= 11 is 0. The summed E-state index contributed by atoms with van der Waals surface area (Å²) in [6, 6.07) is 1.01. The number of aliphatic hydroxyl groups excluding tert-OH is 1. The molecule has 9 nitrogen and oxygen atoms in total. The quantitative estimate of drug-likeness (QED) is 0.499. The number of likely N-dealkylation sites (N-methyl/N-ethyl adjacent to an activating group) is 1. The molecular weight excluding hydrogens is 474 g/mol. The maximum Gasteiger partial charge on any atom is 0.231 e. The van der Waals surface area contributed by atoms with E-state index in [1.165, 1.54) is 0 Å². The minimum atomic E-state index is -0.832. The Morgan fingerprint density at radius 3 is 2.51 bits per heavy atom. The fourth-order valence-electron chi connectivity index (χ4n) is 7.05. The second kappa shape index (κ2) is 8.51. The first kappa shape index (κ1) is 24.3. The number of aryl methyl sites for hydroxylation is 1. The Bertz CT molecular complexity index is 1310. The SMILES string of the molecule is CCC(=O)NC[C@H]1c2c(c(O)c(C)c3c2OCO3)CC2[C@@H]3c4c(cc(C)c(C)c4O)C[C@@H]([C@H](O)N21)N3C. The third-order valence-electron chi connectivity index (χ3n) is 9.11. The number of phenols is 2. The molecule has 4 aliphatic heterocycles. The van der Waals surface area contributed by atoms with Gasteiger partial charge in [0.15, 0.2) is 11.5 Å². The maximum absolute atomic E-state index is 12.3. The number of phenolic OH excluding ortho intramolecular Hbond substituents is 2. The largest absolute Gasteiger partial charge is 0.507 e. The molecule has 6 rings (SSSR count). The molecule has 2 bridgehead atoms. The van der Waals surface area contributed by atoms with Crippen molar-refractivity contribution in [1.82, 2.24) is 15.1 Å².